The summed E-state index contributed by atoms with van der Waals surface area (Å²) in [6.07, 6.45) is -2.63. The molecule has 0 fully saturated rings. The lowest BCUT2D eigenvalue weighted by molar-refractivity contribution is -0.142. The van der Waals surface area contributed by atoms with E-state index in [-0.39, 0.29) is 75.7 Å². The van der Waals surface area contributed by atoms with Gasteiger partial charge in [0.25, 0.3) is 0 Å². The van der Waals surface area contributed by atoms with Gasteiger partial charge in [-0.2, -0.15) is 0 Å². The highest BCUT2D eigenvalue weighted by atomic mass is 16.4. The number of aromatic nitrogens is 1. The normalized spacial score (nSPS) is 14.6. The Morgan fingerprint density at radius 1 is 0.516 bits per heavy atom. The summed E-state index contributed by atoms with van der Waals surface area (Å²) in [6, 6.07) is -8.15. The summed E-state index contributed by atoms with van der Waals surface area (Å²) in [5, 5.41) is 56.8. The lowest BCUT2D eigenvalue weighted by atomic mass is 9.99. The number of primary amides is 2. The number of carboxylic acid groups (broad SMARTS) is 2. The van der Waals surface area contributed by atoms with E-state index in [1.54, 1.807) is 58.2 Å². The summed E-state index contributed by atoms with van der Waals surface area (Å²) >= 11 is 0. The predicted molar refractivity (Wildman–Crippen MR) is 341 cm³/mol. The monoisotopic (exact) mass is 1340 g/mol. The molecule has 2 aromatic rings. The van der Waals surface area contributed by atoms with Crippen molar-refractivity contribution in [3.05, 3.63) is 36.0 Å². The molecular formula is C59H94N18O18. The van der Waals surface area contributed by atoms with Gasteiger partial charge in [-0.15, -0.1) is 0 Å². The van der Waals surface area contributed by atoms with Gasteiger partial charge < -0.3 is 107 Å². The minimum absolute atomic E-state index is 0.0293. The molecule has 0 radical (unpaired) electrons. The number of nitrogens with one attached hydrogen (secondary N) is 12. The molecule has 11 atom stereocenters. The average Bonchev–Trinajstić information content (AvgIpc) is 1.75. The van der Waals surface area contributed by atoms with E-state index in [9.17, 15) is 87.2 Å². The van der Waals surface area contributed by atoms with Crippen LogP contribution in [0.2, 0.25) is 0 Å². The molecule has 0 bridgehead atoms. The van der Waals surface area contributed by atoms with Crippen molar-refractivity contribution in [2.45, 2.75) is 186 Å². The smallest absolute Gasteiger partial charge is 0.325 e. The first-order chi connectivity index (χ1) is 44.4. The fraction of sp³-hybridized carbons (Fsp3) is 0.593. The molecule has 0 spiro atoms. The van der Waals surface area contributed by atoms with Crippen LogP contribution in [0.3, 0.4) is 0 Å². The fourth-order valence-electron chi connectivity index (χ4n) is 9.24. The Morgan fingerprint density at radius 3 is 1.54 bits per heavy atom. The maximum Gasteiger partial charge on any atom is 0.325 e. The number of benzene rings is 1. The molecular weight excluding hydrogens is 1250 g/mol. The molecule has 2 rings (SSSR count). The van der Waals surface area contributed by atoms with Gasteiger partial charge in [-0.1, -0.05) is 59.7 Å². The summed E-state index contributed by atoms with van der Waals surface area (Å²) in [5.41, 5.74) is 28.3. The number of aromatic amines is 1. The first kappa shape index (κ1) is 81.1. The number of aliphatic hydroxyl groups excluding tert-OH is 1. The first-order valence-electron chi connectivity index (χ1n) is 30.7. The molecule has 1 heterocycles. The van der Waals surface area contributed by atoms with Gasteiger partial charge in [-0.05, 0) is 81.8 Å². The second-order valence-electron chi connectivity index (χ2n) is 23.9. The molecule has 528 valence electrons. The van der Waals surface area contributed by atoms with Gasteiger partial charge in [0.15, 0.2) is 5.96 Å². The van der Waals surface area contributed by atoms with Gasteiger partial charge in [0.2, 0.25) is 76.8 Å². The number of aliphatic hydroxyl groups is 1. The highest BCUT2D eigenvalue weighted by Crippen LogP contribution is 2.20. The second kappa shape index (κ2) is 40.2. The number of hydrogen-bond acceptors (Lipinski definition) is 18. The number of H-pyrrole nitrogens is 1. The van der Waals surface area contributed by atoms with Crippen LogP contribution in [0.5, 0.6) is 0 Å². The van der Waals surface area contributed by atoms with Gasteiger partial charge in [0, 0.05) is 42.9 Å². The van der Waals surface area contributed by atoms with Gasteiger partial charge in [0.1, 0.15) is 54.4 Å². The van der Waals surface area contributed by atoms with E-state index < -0.39 is 187 Å². The maximum atomic E-state index is 14.6. The van der Waals surface area contributed by atoms with Crippen molar-refractivity contribution >= 4 is 106 Å². The van der Waals surface area contributed by atoms with Crippen molar-refractivity contribution < 1.29 is 87.2 Å². The molecule has 13 amide bonds. The number of aliphatic carboxylic acids is 2. The van der Waals surface area contributed by atoms with Crippen LogP contribution in [0, 0.1) is 17.8 Å². The Kier molecular flexibility index (Phi) is 34.3. The quantitative estimate of drug-likeness (QED) is 0.0167. The molecule has 0 unspecified atom stereocenters. The minimum atomic E-state index is -1.91. The third-order valence-electron chi connectivity index (χ3n) is 14.3. The Bertz CT molecular complexity index is 3080. The van der Waals surface area contributed by atoms with Crippen molar-refractivity contribution in [1.29, 1.82) is 0 Å². The number of carboxylic acids is 2. The number of nitrogens with zero attached hydrogens (tertiary/aromatic N) is 1. The van der Waals surface area contributed by atoms with E-state index in [2.05, 4.69) is 68.5 Å². The standard InChI is InChI=1S/C59H94N18O18/c1-27(2)20-38(53(89)71-37(16-18-43(62)80)51(87)69-30(7)58(94)95)72-54(90)40(22-32-24-66-35-13-10-9-12-33(32)35)73-52(88)36(14-11-19-65-59(63)64)70-44(81)25-68-50(86)41(23-46(83)84)75-56(92)47(29(5)6)77-55(91)39(21-28(3)4)74-57(93)48(31(8)78)76-45(82)26-67-49(85)34(60)15-17-42(61)79/h9-10,12-13,24,27-31,34,36-41,47-48,66,78H,11,14-23,25-26,60H2,1-8H3,(H2,61,79)(H2,62,80)(H,67,85)(H,68,86)(H,69,87)(H,70,81)(H,71,89)(H,72,90)(H,73,88)(H,74,93)(H,75,92)(H,76,82)(H,77,91)(H,83,84)(H,94,95)(H4,63,64,65)/t30-,31+,34-,36-,37-,38-,39-,40-,41-,47-,48-/m0/s1. The van der Waals surface area contributed by atoms with E-state index in [0.717, 1.165) is 6.92 Å². The highest BCUT2D eigenvalue weighted by molar-refractivity contribution is 6.00. The Labute approximate surface area is 547 Å². The number of carbonyl (C=O) groups is 15. The average molecular weight is 1340 g/mol. The van der Waals surface area contributed by atoms with Crippen LogP contribution in [0.25, 0.3) is 10.9 Å². The molecule has 0 saturated carbocycles. The molecule has 0 aliphatic heterocycles. The van der Waals surface area contributed by atoms with Crippen molar-refractivity contribution in [3.63, 3.8) is 0 Å². The van der Waals surface area contributed by atoms with E-state index in [1.807, 2.05) is 0 Å². The lowest BCUT2D eigenvalue weighted by Crippen LogP contribution is -2.61. The fourth-order valence-corrected chi connectivity index (χ4v) is 9.24. The van der Waals surface area contributed by atoms with Crippen LogP contribution in [0.4, 0.5) is 0 Å². The molecule has 0 saturated heterocycles. The number of rotatable bonds is 43. The Morgan fingerprint density at radius 2 is 0.989 bits per heavy atom. The zero-order valence-corrected chi connectivity index (χ0v) is 54.5. The van der Waals surface area contributed by atoms with Crippen LogP contribution >= 0.6 is 0 Å². The Balaban J connectivity index is 2.43. The molecule has 95 heavy (non-hydrogen) atoms. The van der Waals surface area contributed by atoms with Crippen LogP contribution in [0.1, 0.15) is 119 Å². The SMILES string of the molecule is CC(C)C[C@H](NC(=O)[C@H](Cc1c[nH]c2ccccc12)NC(=O)[C@H](CCCN=C(N)N)NC(=O)CNC(=O)[C@H](CC(=O)O)NC(=O)[C@@H](NC(=O)[C@H](CC(C)C)NC(=O)[C@@H](NC(=O)CNC(=O)[C@@H](N)CCC(N)=O)[C@@H](C)O)C(C)C)C(=O)N[C@@H](CCC(N)=O)C(=O)N[C@@H](C)C(=O)O. The van der Waals surface area contributed by atoms with E-state index in [0.29, 0.717) is 16.5 Å². The zero-order chi connectivity index (χ0) is 72.0. The third kappa shape index (κ3) is 30.1. The van der Waals surface area contributed by atoms with E-state index in [1.165, 1.54) is 20.8 Å². The highest BCUT2D eigenvalue weighted by Gasteiger charge is 2.37. The van der Waals surface area contributed by atoms with Crippen LogP contribution in [-0.4, -0.2) is 201 Å². The Hall–Kier alpha value is -10.0. The van der Waals surface area contributed by atoms with Crippen LogP contribution < -0.4 is 87.2 Å². The predicted octanol–water partition coefficient (Wildman–Crippen LogP) is -6.07. The number of amides is 13. The van der Waals surface area contributed by atoms with Crippen molar-refractivity contribution in [2.75, 3.05) is 19.6 Å². The van der Waals surface area contributed by atoms with E-state index in [4.69, 9.17) is 28.7 Å². The number of hydrogen-bond donors (Lipinski definition) is 20. The summed E-state index contributed by atoms with van der Waals surface area (Å²) in [6.45, 7) is 10.4. The molecule has 25 N–H and O–H groups in total. The molecule has 36 heteroatoms. The van der Waals surface area contributed by atoms with Crippen LogP contribution in [0.15, 0.2) is 35.5 Å². The second-order valence-corrected chi connectivity index (χ2v) is 23.9. The molecule has 1 aromatic heterocycles. The first-order valence-corrected chi connectivity index (χ1v) is 30.7. The topological polar surface area (TPSA) is 607 Å². The number of carbonyl (C=O) groups excluding carboxylic acids is 13. The number of guanidine groups is 1. The third-order valence-corrected chi connectivity index (χ3v) is 14.3. The molecule has 36 nitrogen and oxygen atoms in total. The van der Waals surface area contributed by atoms with Gasteiger partial charge in [0.05, 0.1) is 31.7 Å². The van der Waals surface area contributed by atoms with Gasteiger partial charge >= 0.3 is 11.9 Å². The maximum absolute atomic E-state index is 14.6. The molecule has 0 aliphatic rings. The minimum Gasteiger partial charge on any atom is -0.481 e. The van der Waals surface area contributed by atoms with Gasteiger partial charge in [-0.25, -0.2) is 0 Å². The van der Waals surface area contributed by atoms with Crippen LogP contribution in [-0.2, 0) is 78.3 Å². The van der Waals surface area contributed by atoms with E-state index >= 15 is 0 Å². The lowest BCUT2D eigenvalue weighted by Gasteiger charge is -2.29. The number of para-hydroxylation sites is 1. The summed E-state index contributed by atoms with van der Waals surface area (Å²) in [4.78, 5) is 204. The summed E-state index contributed by atoms with van der Waals surface area (Å²) < 4.78 is 0. The molecule has 1 aromatic carbocycles. The summed E-state index contributed by atoms with van der Waals surface area (Å²) in [5.74, 6) is -17.1. The number of nitrogens with two attached hydrogens (primary N) is 5. The zero-order valence-electron chi connectivity index (χ0n) is 54.5. The summed E-state index contributed by atoms with van der Waals surface area (Å²) in [7, 11) is 0. The molecule has 0 aliphatic carbocycles. The van der Waals surface area contributed by atoms with Crippen molar-refractivity contribution in [1.82, 2.24) is 63.5 Å². The largest absolute Gasteiger partial charge is 0.481 e. The number of fused-ring (bicyclic) bond motifs is 1. The van der Waals surface area contributed by atoms with Gasteiger partial charge in [-0.3, -0.25) is 76.9 Å². The van der Waals surface area contributed by atoms with Crippen molar-refractivity contribution in [3.8, 4) is 0 Å². The number of aliphatic imine (C=N–C) groups is 1. The van der Waals surface area contributed by atoms with Crippen molar-refractivity contribution in [2.24, 2.45) is 51.4 Å².